The van der Waals surface area contributed by atoms with E-state index in [9.17, 15) is 9.59 Å². The number of hydrogen-bond acceptors (Lipinski definition) is 5. The Kier molecular flexibility index (Phi) is 3.86. The molecule has 0 radical (unpaired) electrons. The third kappa shape index (κ3) is 3.46. The summed E-state index contributed by atoms with van der Waals surface area (Å²) in [5.74, 6) is 0.692. The molecule has 1 aliphatic carbocycles. The summed E-state index contributed by atoms with van der Waals surface area (Å²) >= 11 is 0. The Balaban J connectivity index is 2.06. The van der Waals surface area contributed by atoms with Crippen molar-refractivity contribution in [3.63, 3.8) is 0 Å². The van der Waals surface area contributed by atoms with E-state index >= 15 is 0 Å². The molecule has 2 N–H and O–H groups in total. The van der Waals surface area contributed by atoms with Gasteiger partial charge >= 0.3 is 11.8 Å². The van der Waals surface area contributed by atoms with Crippen LogP contribution in [0.4, 0.5) is 4.79 Å². The normalized spacial score (nSPS) is 25.0. The molecule has 7 heteroatoms. The van der Waals surface area contributed by atoms with Gasteiger partial charge in [-0.3, -0.25) is 9.51 Å². The number of carbonyl (C=O) groups is 1. The van der Waals surface area contributed by atoms with Gasteiger partial charge in [-0.2, -0.15) is 0 Å². The van der Waals surface area contributed by atoms with Crippen LogP contribution >= 0.6 is 0 Å². The van der Waals surface area contributed by atoms with Crippen LogP contribution in [0, 0.1) is 11.8 Å². The van der Waals surface area contributed by atoms with E-state index in [4.69, 9.17) is 4.74 Å². The van der Waals surface area contributed by atoms with Crippen molar-refractivity contribution >= 4 is 6.09 Å². The summed E-state index contributed by atoms with van der Waals surface area (Å²) in [7, 11) is 0. The fourth-order valence-corrected chi connectivity index (χ4v) is 2.76. The number of hydrogen-bond donors (Lipinski definition) is 2. The molecule has 118 valence electrons. The molecule has 1 aliphatic rings. The second kappa shape index (κ2) is 5.20. The molecular formula is C14H23N3O4. The van der Waals surface area contributed by atoms with Crippen molar-refractivity contribution in [1.82, 2.24) is 15.5 Å². The Morgan fingerprint density at radius 3 is 2.67 bits per heavy atom. The number of H-pyrrole nitrogens is 1. The largest absolute Gasteiger partial charge is 0.444 e. The SMILES string of the molecule is CC(C)C1CC1(CNC(=O)OC(C)(C)C)c1noc(=O)[nH]1. The van der Waals surface area contributed by atoms with Crippen molar-refractivity contribution in [2.75, 3.05) is 6.54 Å². The van der Waals surface area contributed by atoms with Crippen LogP contribution < -0.4 is 11.1 Å². The molecule has 1 heterocycles. The number of nitrogens with zero attached hydrogens (tertiary/aromatic N) is 1. The molecule has 0 aliphatic heterocycles. The highest BCUT2D eigenvalue weighted by atomic mass is 16.6. The van der Waals surface area contributed by atoms with E-state index in [0.717, 1.165) is 6.42 Å². The van der Waals surface area contributed by atoms with Crippen LogP contribution in [0.1, 0.15) is 46.9 Å². The van der Waals surface area contributed by atoms with Crippen LogP contribution in [0.2, 0.25) is 0 Å². The number of nitrogens with one attached hydrogen (secondary N) is 2. The summed E-state index contributed by atoms with van der Waals surface area (Å²) in [5, 5.41) is 6.57. The second-order valence-electron chi connectivity index (χ2n) is 7.01. The monoisotopic (exact) mass is 297 g/mol. The number of alkyl carbamates (subject to hydrolysis) is 1. The zero-order valence-corrected chi connectivity index (χ0v) is 13.1. The maximum Gasteiger partial charge on any atom is 0.438 e. The quantitative estimate of drug-likeness (QED) is 0.883. The first-order valence-corrected chi connectivity index (χ1v) is 7.17. The van der Waals surface area contributed by atoms with Gasteiger partial charge in [0.2, 0.25) is 0 Å². The van der Waals surface area contributed by atoms with Crippen molar-refractivity contribution < 1.29 is 14.1 Å². The van der Waals surface area contributed by atoms with Crippen LogP contribution in [0.3, 0.4) is 0 Å². The van der Waals surface area contributed by atoms with Crippen LogP contribution in [0.25, 0.3) is 0 Å². The number of carbonyl (C=O) groups excluding carboxylic acids is 1. The summed E-state index contributed by atoms with van der Waals surface area (Å²) in [6.07, 6.45) is 0.380. The number of rotatable bonds is 4. The molecular weight excluding hydrogens is 274 g/mol. The maximum absolute atomic E-state index is 11.8. The van der Waals surface area contributed by atoms with Crippen LogP contribution in [-0.2, 0) is 10.2 Å². The number of ether oxygens (including phenoxy) is 1. The van der Waals surface area contributed by atoms with Gasteiger partial charge in [-0.15, -0.1) is 0 Å². The minimum atomic E-state index is -0.573. The summed E-state index contributed by atoms with van der Waals surface area (Å²) in [6.45, 7) is 10.0. The lowest BCUT2D eigenvalue weighted by molar-refractivity contribution is 0.0520. The van der Waals surface area contributed by atoms with Crippen molar-refractivity contribution in [2.45, 2.75) is 52.1 Å². The van der Waals surface area contributed by atoms with Gasteiger partial charge in [0.15, 0.2) is 5.82 Å². The van der Waals surface area contributed by atoms with Gasteiger partial charge in [0.25, 0.3) is 0 Å². The highest BCUT2D eigenvalue weighted by Crippen LogP contribution is 2.56. The summed E-state index contributed by atoms with van der Waals surface area (Å²) in [5.41, 5.74) is -0.905. The van der Waals surface area contributed by atoms with E-state index in [1.165, 1.54) is 0 Å². The van der Waals surface area contributed by atoms with Crippen LogP contribution in [-0.4, -0.2) is 28.4 Å². The molecule has 1 fully saturated rings. The molecule has 21 heavy (non-hydrogen) atoms. The average Bonchev–Trinajstić information content (AvgIpc) is 2.92. The Morgan fingerprint density at radius 2 is 2.24 bits per heavy atom. The molecule has 0 spiro atoms. The topological polar surface area (TPSA) is 97.2 Å². The lowest BCUT2D eigenvalue weighted by Crippen LogP contribution is -2.38. The molecule has 2 unspecified atom stereocenters. The van der Waals surface area contributed by atoms with E-state index in [2.05, 4.69) is 33.8 Å². The second-order valence-corrected chi connectivity index (χ2v) is 7.01. The standard InChI is InChI=1S/C14H23N3O4/c1-8(2)9-6-14(9,10-16-12(19)21-17-10)7-15-11(18)20-13(3,4)5/h8-9H,6-7H2,1-5H3,(H,15,18)(H,16,17,19). The Morgan fingerprint density at radius 1 is 1.57 bits per heavy atom. The van der Waals surface area contributed by atoms with Crippen molar-refractivity contribution in [2.24, 2.45) is 11.8 Å². The van der Waals surface area contributed by atoms with Gasteiger partial charge in [0, 0.05) is 6.54 Å². The Hall–Kier alpha value is -1.79. The van der Waals surface area contributed by atoms with E-state index < -0.39 is 17.5 Å². The van der Waals surface area contributed by atoms with Gasteiger partial charge in [-0.1, -0.05) is 19.0 Å². The number of amides is 1. The lowest BCUT2D eigenvalue weighted by atomic mass is 9.96. The molecule has 1 aromatic heterocycles. The molecule has 0 aromatic carbocycles. The highest BCUT2D eigenvalue weighted by molar-refractivity contribution is 5.68. The predicted molar refractivity (Wildman–Crippen MR) is 76.0 cm³/mol. The molecule has 0 saturated heterocycles. The summed E-state index contributed by atoms with van der Waals surface area (Å²) < 4.78 is 9.83. The van der Waals surface area contributed by atoms with E-state index in [-0.39, 0.29) is 5.41 Å². The van der Waals surface area contributed by atoms with E-state index in [1.54, 1.807) is 0 Å². The first-order chi connectivity index (χ1) is 9.64. The fourth-order valence-electron chi connectivity index (χ4n) is 2.76. The smallest absolute Gasteiger partial charge is 0.438 e. The molecule has 1 saturated carbocycles. The number of aromatic amines is 1. The zero-order chi connectivity index (χ0) is 15.8. The van der Waals surface area contributed by atoms with Gasteiger partial charge in [-0.05, 0) is 39.0 Å². The molecule has 1 aromatic rings. The first-order valence-electron chi connectivity index (χ1n) is 7.17. The van der Waals surface area contributed by atoms with Gasteiger partial charge in [0.1, 0.15) is 5.60 Å². The third-order valence-corrected chi connectivity index (χ3v) is 3.80. The fraction of sp³-hybridized carbons (Fsp3) is 0.786. The van der Waals surface area contributed by atoms with Crippen molar-refractivity contribution in [1.29, 1.82) is 0 Å². The van der Waals surface area contributed by atoms with E-state index in [1.807, 2.05) is 20.8 Å². The number of aromatic nitrogens is 2. The molecule has 1 amide bonds. The third-order valence-electron chi connectivity index (χ3n) is 3.80. The molecule has 0 bridgehead atoms. The maximum atomic E-state index is 11.8. The minimum Gasteiger partial charge on any atom is -0.444 e. The van der Waals surface area contributed by atoms with E-state index in [0.29, 0.717) is 24.2 Å². The van der Waals surface area contributed by atoms with Gasteiger partial charge in [0.05, 0.1) is 5.41 Å². The average molecular weight is 297 g/mol. The minimum absolute atomic E-state index is 0.341. The zero-order valence-electron chi connectivity index (χ0n) is 13.1. The van der Waals surface area contributed by atoms with Crippen molar-refractivity contribution in [3.8, 4) is 0 Å². The summed E-state index contributed by atoms with van der Waals surface area (Å²) in [4.78, 5) is 25.6. The Labute approximate surface area is 123 Å². The lowest BCUT2D eigenvalue weighted by Gasteiger charge is -2.22. The van der Waals surface area contributed by atoms with Crippen LogP contribution in [0.5, 0.6) is 0 Å². The molecule has 7 nitrogen and oxygen atoms in total. The first kappa shape index (κ1) is 15.6. The highest BCUT2D eigenvalue weighted by Gasteiger charge is 2.59. The van der Waals surface area contributed by atoms with Crippen molar-refractivity contribution in [3.05, 3.63) is 16.4 Å². The molecule has 2 rings (SSSR count). The summed E-state index contributed by atoms with van der Waals surface area (Å²) in [6, 6.07) is 0. The van der Waals surface area contributed by atoms with Crippen LogP contribution in [0.15, 0.2) is 9.32 Å². The van der Waals surface area contributed by atoms with Gasteiger partial charge in [-0.25, -0.2) is 9.59 Å². The molecule has 2 atom stereocenters. The predicted octanol–water partition coefficient (Wildman–Crippen LogP) is 1.80. The Bertz CT molecular complexity index is 569. The van der Waals surface area contributed by atoms with Gasteiger partial charge < -0.3 is 10.1 Å².